The Balaban J connectivity index is 2.14. The van der Waals surface area contributed by atoms with Crippen molar-refractivity contribution in [3.8, 4) is 0 Å². The molecule has 0 aromatic carbocycles. The van der Waals surface area contributed by atoms with Crippen LogP contribution in [0.2, 0.25) is 0 Å². The standard InChI is InChI=1S/C12H21NO3S/c1-9-6-11(10(2)17-9)4-5-15-8-16-12(7-13)14-3/h6,12H,4-5,7-8,13H2,1-3H3. The molecule has 1 heterocycles. The van der Waals surface area contributed by atoms with Crippen LogP contribution in [0.5, 0.6) is 0 Å². The van der Waals surface area contributed by atoms with Crippen LogP contribution in [-0.2, 0) is 20.6 Å². The molecule has 0 fully saturated rings. The van der Waals surface area contributed by atoms with Crippen LogP contribution >= 0.6 is 11.3 Å². The largest absolute Gasteiger partial charge is 0.355 e. The Morgan fingerprint density at radius 3 is 2.71 bits per heavy atom. The topological polar surface area (TPSA) is 53.7 Å². The van der Waals surface area contributed by atoms with Crippen molar-refractivity contribution in [1.82, 2.24) is 0 Å². The quantitative estimate of drug-likeness (QED) is 0.571. The van der Waals surface area contributed by atoms with Crippen LogP contribution in [0.1, 0.15) is 15.3 Å². The van der Waals surface area contributed by atoms with Crippen molar-refractivity contribution >= 4 is 11.3 Å². The first kappa shape index (κ1) is 14.6. The number of aryl methyl sites for hydroxylation is 2. The van der Waals surface area contributed by atoms with Gasteiger partial charge in [0.1, 0.15) is 6.79 Å². The molecule has 5 heteroatoms. The van der Waals surface area contributed by atoms with Gasteiger partial charge >= 0.3 is 0 Å². The molecule has 17 heavy (non-hydrogen) atoms. The van der Waals surface area contributed by atoms with E-state index in [1.807, 2.05) is 11.3 Å². The number of nitrogens with two attached hydrogens (primary N) is 1. The molecule has 2 N–H and O–H groups in total. The van der Waals surface area contributed by atoms with Crippen LogP contribution in [0.25, 0.3) is 0 Å². The molecule has 0 aliphatic rings. The summed E-state index contributed by atoms with van der Waals surface area (Å²) in [5.74, 6) is 0. The van der Waals surface area contributed by atoms with Gasteiger partial charge in [-0.05, 0) is 31.9 Å². The van der Waals surface area contributed by atoms with E-state index in [4.69, 9.17) is 19.9 Å². The molecule has 4 nitrogen and oxygen atoms in total. The SMILES string of the molecule is COC(CN)OCOCCc1cc(C)sc1C. The third-order valence-corrected chi connectivity index (χ3v) is 3.46. The summed E-state index contributed by atoms with van der Waals surface area (Å²) in [6, 6.07) is 2.21. The number of methoxy groups -OCH3 is 1. The lowest BCUT2D eigenvalue weighted by Crippen LogP contribution is -2.26. The van der Waals surface area contributed by atoms with Crippen molar-refractivity contribution in [2.45, 2.75) is 26.6 Å². The molecular weight excluding hydrogens is 238 g/mol. The molecule has 1 unspecified atom stereocenters. The van der Waals surface area contributed by atoms with Crippen LogP contribution in [0, 0.1) is 13.8 Å². The fourth-order valence-corrected chi connectivity index (χ4v) is 2.51. The fourth-order valence-electron chi connectivity index (χ4n) is 1.53. The van der Waals surface area contributed by atoms with Gasteiger partial charge in [-0.1, -0.05) is 0 Å². The van der Waals surface area contributed by atoms with E-state index in [-0.39, 0.29) is 13.1 Å². The van der Waals surface area contributed by atoms with Crippen molar-refractivity contribution in [2.24, 2.45) is 5.73 Å². The molecule has 0 saturated heterocycles. The summed E-state index contributed by atoms with van der Waals surface area (Å²) in [4.78, 5) is 2.71. The molecule has 0 saturated carbocycles. The Morgan fingerprint density at radius 2 is 2.18 bits per heavy atom. The van der Waals surface area contributed by atoms with Crippen molar-refractivity contribution in [1.29, 1.82) is 0 Å². The van der Waals surface area contributed by atoms with Gasteiger partial charge in [-0.2, -0.15) is 0 Å². The molecule has 1 aromatic heterocycles. The Bertz CT molecular complexity index is 324. The lowest BCUT2D eigenvalue weighted by atomic mass is 10.2. The Labute approximate surface area is 107 Å². The minimum Gasteiger partial charge on any atom is -0.355 e. The molecule has 1 atom stereocenters. The number of thiophene rings is 1. The highest BCUT2D eigenvalue weighted by Gasteiger charge is 2.05. The monoisotopic (exact) mass is 259 g/mol. The first-order valence-corrected chi connectivity index (χ1v) is 6.47. The van der Waals surface area contributed by atoms with Crippen LogP contribution in [-0.4, -0.2) is 33.3 Å². The average Bonchev–Trinajstić information content (AvgIpc) is 2.62. The minimum atomic E-state index is -0.375. The normalized spacial score (nSPS) is 12.9. The van der Waals surface area contributed by atoms with Gasteiger partial charge in [-0.3, -0.25) is 0 Å². The van der Waals surface area contributed by atoms with Gasteiger partial charge in [0.15, 0.2) is 6.29 Å². The number of rotatable bonds is 8. The van der Waals surface area contributed by atoms with E-state index in [2.05, 4.69) is 19.9 Å². The van der Waals surface area contributed by atoms with Gasteiger partial charge in [-0.15, -0.1) is 11.3 Å². The highest BCUT2D eigenvalue weighted by molar-refractivity contribution is 7.12. The number of hydrogen-bond donors (Lipinski definition) is 1. The van der Waals surface area contributed by atoms with Gasteiger partial charge in [0, 0.05) is 23.4 Å². The van der Waals surface area contributed by atoms with Gasteiger partial charge in [0.25, 0.3) is 0 Å². The molecule has 0 radical (unpaired) electrons. The molecule has 1 aromatic rings. The van der Waals surface area contributed by atoms with Crippen LogP contribution in [0.4, 0.5) is 0 Å². The summed E-state index contributed by atoms with van der Waals surface area (Å²) in [7, 11) is 1.56. The van der Waals surface area contributed by atoms with Gasteiger partial charge in [-0.25, -0.2) is 0 Å². The first-order chi connectivity index (χ1) is 8.17. The van der Waals surface area contributed by atoms with Crippen molar-refractivity contribution < 1.29 is 14.2 Å². The summed E-state index contributed by atoms with van der Waals surface area (Å²) in [6.45, 7) is 5.47. The van der Waals surface area contributed by atoms with Crippen molar-refractivity contribution in [3.05, 3.63) is 21.4 Å². The van der Waals surface area contributed by atoms with Gasteiger partial charge < -0.3 is 19.9 Å². The third-order valence-electron chi connectivity index (χ3n) is 2.45. The lowest BCUT2D eigenvalue weighted by Gasteiger charge is -2.13. The maximum atomic E-state index is 5.41. The third kappa shape index (κ3) is 5.14. The van der Waals surface area contributed by atoms with Crippen LogP contribution < -0.4 is 5.73 Å². The second kappa shape index (κ2) is 7.79. The van der Waals surface area contributed by atoms with E-state index >= 15 is 0 Å². The zero-order valence-electron chi connectivity index (χ0n) is 10.7. The smallest absolute Gasteiger partial charge is 0.172 e. The summed E-state index contributed by atoms with van der Waals surface area (Å²) in [5, 5.41) is 0. The minimum absolute atomic E-state index is 0.220. The second-order valence-electron chi connectivity index (χ2n) is 3.78. The van der Waals surface area contributed by atoms with E-state index in [9.17, 15) is 0 Å². The zero-order chi connectivity index (χ0) is 12.7. The average molecular weight is 259 g/mol. The molecule has 0 spiro atoms. The van der Waals surface area contributed by atoms with E-state index in [1.165, 1.54) is 15.3 Å². The molecule has 0 aliphatic heterocycles. The van der Waals surface area contributed by atoms with Gasteiger partial charge in [0.05, 0.1) is 6.61 Å². The van der Waals surface area contributed by atoms with Crippen molar-refractivity contribution in [2.75, 3.05) is 27.1 Å². The molecule has 0 aliphatic carbocycles. The van der Waals surface area contributed by atoms with Crippen LogP contribution in [0.15, 0.2) is 6.07 Å². The highest BCUT2D eigenvalue weighted by atomic mass is 32.1. The summed E-state index contributed by atoms with van der Waals surface area (Å²) < 4.78 is 15.6. The number of hydrogen-bond acceptors (Lipinski definition) is 5. The van der Waals surface area contributed by atoms with Gasteiger partial charge in [0.2, 0.25) is 0 Å². The van der Waals surface area contributed by atoms with E-state index < -0.39 is 0 Å². The Hall–Kier alpha value is -0.460. The van der Waals surface area contributed by atoms with E-state index in [0.29, 0.717) is 13.2 Å². The lowest BCUT2D eigenvalue weighted by molar-refractivity contribution is -0.177. The summed E-state index contributed by atoms with van der Waals surface area (Å²) >= 11 is 1.82. The van der Waals surface area contributed by atoms with Crippen LogP contribution in [0.3, 0.4) is 0 Å². The summed E-state index contributed by atoms with van der Waals surface area (Å²) in [5.41, 5.74) is 6.76. The molecule has 0 amide bonds. The van der Waals surface area contributed by atoms with Crippen molar-refractivity contribution in [3.63, 3.8) is 0 Å². The molecule has 98 valence electrons. The fraction of sp³-hybridized carbons (Fsp3) is 0.667. The van der Waals surface area contributed by atoms with E-state index in [1.54, 1.807) is 7.11 Å². The number of ether oxygens (including phenoxy) is 3. The molecule has 0 bridgehead atoms. The maximum absolute atomic E-state index is 5.41. The highest BCUT2D eigenvalue weighted by Crippen LogP contribution is 2.20. The zero-order valence-corrected chi connectivity index (χ0v) is 11.5. The predicted molar refractivity (Wildman–Crippen MR) is 69.3 cm³/mol. The molecule has 1 rings (SSSR count). The Morgan fingerprint density at radius 1 is 1.41 bits per heavy atom. The summed E-state index contributed by atoms with van der Waals surface area (Å²) in [6.07, 6.45) is 0.542. The first-order valence-electron chi connectivity index (χ1n) is 5.65. The predicted octanol–water partition coefficient (Wildman–Crippen LogP) is 1.83. The van der Waals surface area contributed by atoms with E-state index in [0.717, 1.165) is 6.42 Å². The molecular formula is C12H21NO3S. The Kier molecular flexibility index (Phi) is 6.69. The second-order valence-corrected chi connectivity index (χ2v) is 5.24. The maximum Gasteiger partial charge on any atom is 0.172 e.